The normalized spacial score (nSPS) is 20.8. The van der Waals surface area contributed by atoms with E-state index in [4.69, 9.17) is 0 Å². The van der Waals surface area contributed by atoms with Gasteiger partial charge in [-0.05, 0) is 24.3 Å². The lowest BCUT2D eigenvalue weighted by Crippen LogP contribution is -2.45. The minimum atomic E-state index is -3.23. The topological polar surface area (TPSA) is 66.5 Å². The highest BCUT2D eigenvalue weighted by molar-refractivity contribution is 7.88. The fourth-order valence-electron chi connectivity index (χ4n) is 3.25. The number of nitrogens with one attached hydrogen (secondary N) is 1. The van der Waals surface area contributed by atoms with Crippen molar-refractivity contribution in [3.63, 3.8) is 0 Å². The molecule has 1 heterocycles. The van der Waals surface area contributed by atoms with Crippen LogP contribution in [0.5, 0.6) is 0 Å². The van der Waals surface area contributed by atoms with Crippen LogP contribution in [0.25, 0.3) is 0 Å². The Hall–Kier alpha value is -1.40. The molecule has 0 saturated carbocycles. The van der Waals surface area contributed by atoms with E-state index >= 15 is 0 Å². The van der Waals surface area contributed by atoms with Crippen molar-refractivity contribution in [2.24, 2.45) is 11.8 Å². The van der Waals surface area contributed by atoms with Gasteiger partial charge in [-0.3, -0.25) is 4.79 Å². The summed E-state index contributed by atoms with van der Waals surface area (Å²) in [7, 11) is -3.23. The Kier molecular flexibility index (Phi) is 6.40. The summed E-state index contributed by atoms with van der Waals surface area (Å²) in [5.74, 6) is 0.373. The van der Waals surface area contributed by atoms with Gasteiger partial charge in [-0.15, -0.1) is 0 Å². The summed E-state index contributed by atoms with van der Waals surface area (Å²) in [6, 6.07) is 10.2. The molecule has 6 heteroatoms. The first-order chi connectivity index (χ1) is 11.3. The molecular formula is C18H28N2O3S. The molecule has 1 aromatic rings. The van der Waals surface area contributed by atoms with Gasteiger partial charge in [0, 0.05) is 25.6 Å². The van der Waals surface area contributed by atoms with Crippen LogP contribution in [0.2, 0.25) is 0 Å². The number of hydrogen-bond acceptors (Lipinski definition) is 3. The van der Waals surface area contributed by atoms with Gasteiger partial charge in [0.05, 0.1) is 12.2 Å². The minimum absolute atomic E-state index is 0.0371. The van der Waals surface area contributed by atoms with Crippen LogP contribution in [-0.4, -0.2) is 44.5 Å². The largest absolute Gasteiger partial charge is 0.355 e. The molecular weight excluding hydrogens is 324 g/mol. The Bertz CT molecular complexity index is 643. The number of piperidine rings is 1. The minimum Gasteiger partial charge on any atom is -0.355 e. The maximum Gasteiger partial charge on any atom is 0.224 e. The fraction of sp³-hybridized carbons (Fsp3) is 0.611. The van der Waals surface area contributed by atoms with E-state index in [1.807, 2.05) is 18.2 Å². The van der Waals surface area contributed by atoms with Crippen LogP contribution in [0.4, 0.5) is 0 Å². The van der Waals surface area contributed by atoms with E-state index in [9.17, 15) is 13.2 Å². The first-order valence-corrected chi connectivity index (χ1v) is 10.4. The Balaban J connectivity index is 1.96. The summed E-state index contributed by atoms with van der Waals surface area (Å²) < 4.78 is 24.8. The predicted octanol–water partition coefficient (Wildman–Crippen LogP) is 2.21. The van der Waals surface area contributed by atoms with Gasteiger partial charge in [0.25, 0.3) is 0 Å². The molecule has 1 aliphatic heterocycles. The number of benzene rings is 1. The van der Waals surface area contributed by atoms with Crippen LogP contribution in [0.15, 0.2) is 30.3 Å². The van der Waals surface area contributed by atoms with Gasteiger partial charge in [0.15, 0.2) is 0 Å². The number of amides is 1. The van der Waals surface area contributed by atoms with Gasteiger partial charge in [-0.25, -0.2) is 12.7 Å². The highest BCUT2D eigenvalue weighted by Crippen LogP contribution is 2.24. The van der Waals surface area contributed by atoms with Gasteiger partial charge in [0.1, 0.15) is 0 Å². The Morgan fingerprint density at radius 3 is 2.54 bits per heavy atom. The number of sulfonamides is 1. The molecule has 0 radical (unpaired) electrons. The van der Waals surface area contributed by atoms with Gasteiger partial charge in [-0.1, -0.05) is 44.2 Å². The Morgan fingerprint density at radius 2 is 1.96 bits per heavy atom. The maximum atomic E-state index is 12.5. The van der Waals surface area contributed by atoms with Crippen molar-refractivity contribution in [3.05, 3.63) is 35.9 Å². The van der Waals surface area contributed by atoms with Crippen LogP contribution in [0.3, 0.4) is 0 Å². The quantitative estimate of drug-likeness (QED) is 0.854. The second kappa shape index (κ2) is 8.12. The molecule has 1 amide bonds. The molecule has 24 heavy (non-hydrogen) atoms. The molecule has 0 aliphatic carbocycles. The van der Waals surface area contributed by atoms with Crippen LogP contribution >= 0.6 is 0 Å². The lowest BCUT2D eigenvalue weighted by Gasteiger charge is -2.31. The van der Waals surface area contributed by atoms with E-state index in [0.29, 0.717) is 25.6 Å². The van der Waals surface area contributed by atoms with Crippen LogP contribution in [-0.2, 0) is 14.8 Å². The van der Waals surface area contributed by atoms with Gasteiger partial charge < -0.3 is 5.32 Å². The molecule has 0 aromatic heterocycles. The lowest BCUT2D eigenvalue weighted by molar-refractivity contribution is -0.126. The first kappa shape index (κ1) is 18.9. The van der Waals surface area contributed by atoms with Gasteiger partial charge >= 0.3 is 0 Å². The lowest BCUT2D eigenvalue weighted by atomic mass is 9.88. The van der Waals surface area contributed by atoms with Crippen molar-refractivity contribution in [2.45, 2.75) is 32.6 Å². The molecule has 0 bridgehead atoms. The summed E-state index contributed by atoms with van der Waals surface area (Å²) in [6.07, 6.45) is 2.68. The van der Waals surface area contributed by atoms with Crippen LogP contribution < -0.4 is 5.32 Å². The molecule has 1 fully saturated rings. The zero-order valence-corrected chi connectivity index (χ0v) is 15.6. The summed E-state index contributed by atoms with van der Waals surface area (Å²) in [5, 5.41) is 3.04. The number of hydrogen-bond donors (Lipinski definition) is 1. The monoisotopic (exact) mass is 352 g/mol. The molecule has 1 N–H and O–H groups in total. The average molecular weight is 353 g/mol. The van der Waals surface area contributed by atoms with E-state index in [1.54, 1.807) is 0 Å². The standard InChI is InChI=1S/C18H28N2O3S/c1-14(2)17(15-8-5-4-6-9-15)12-19-18(21)16-10-7-11-20(13-16)24(3,22)23/h4-6,8-9,14,16-17H,7,10-13H2,1-3H3,(H,19,21). The third kappa shape index (κ3) is 5.05. The van der Waals surface area contributed by atoms with E-state index in [-0.39, 0.29) is 17.7 Å². The molecule has 134 valence electrons. The molecule has 5 nitrogen and oxygen atoms in total. The van der Waals surface area contributed by atoms with Crippen LogP contribution in [0.1, 0.15) is 38.2 Å². The highest BCUT2D eigenvalue weighted by Gasteiger charge is 2.30. The fourth-order valence-corrected chi connectivity index (χ4v) is 4.16. The van der Waals surface area contributed by atoms with Crippen molar-refractivity contribution >= 4 is 15.9 Å². The summed E-state index contributed by atoms with van der Waals surface area (Å²) in [4.78, 5) is 12.5. The average Bonchev–Trinajstić information content (AvgIpc) is 2.55. The number of carbonyl (C=O) groups is 1. The number of nitrogens with zero attached hydrogens (tertiary/aromatic N) is 1. The molecule has 1 aromatic carbocycles. The van der Waals surface area contributed by atoms with Crippen molar-refractivity contribution in [2.75, 3.05) is 25.9 Å². The van der Waals surface area contributed by atoms with E-state index < -0.39 is 10.0 Å². The number of rotatable bonds is 6. The van der Waals surface area contributed by atoms with E-state index in [2.05, 4.69) is 31.3 Å². The van der Waals surface area contributed by atoms with Gasteiger partial charge in [0.2, 0.25) is 15.9 Å². The summed E-state index contributed by atoms with van der Waals surface area (Å²) >= 11 is 0. The molecule has 1 saturated heterocycles. The van der Waals surface area contributed by atoms with Crippen LogP contribution in [0, 0.1) is 11.8 Å². The first-order valence-electron chi connectivity index (χ1n) is 8.57. The van der Waals surface area contributed by atoms with Crippen molar-refractivity contribution in [1.29, 1.82) is 0 Å². The van der Waals surface area contributed by atoms with E-state index in [1.165, 1.54) is 16.1 Å². The Morgan fingerprint density at radius 1 is 1.29 bits per heavy atom. The molecule has 1 aliphatic rings. The smallest absolute Gasteiger partial charge is 0.224 e. The molecule has 2 rings (SSSR count). The summed E-state index contributed by atoms with van der Waals surface area (Å²) in [5.41, 5.74) is 1.22. The van der Waals surface area contributed by atoms with Crippen molar-refractivity contribution < 1.29 is 13.2 Å². The maximum absolute atomic E-state index is 12.5. The zero-order valence-electron chi connectivity index (χ0n) is 14.7. The Labute approximate surface area is 145 Å². The third-order valence-corrected chi connectivity index (χ3v) is 6.02. The molecule has 2 unspecified atom stereocenters. The van der Waals surface area contributed by atoms with Gasteiger partial charge in [-0.2, -0.15) is 0 Å². The highest BCUT2D eigenvalue weighted by atomic mass is 32.2. The third-order valence-electron chi connectivity index (χ3n) is 4.75. The predicted molar refractivity (Wildman–Crippen MR) is 96.2 cm³/mol. The second-order valence-corrected chi connectivity index (χ2v) is 8.95. The number of carbonyl (C=O) groups excluding carboxylic acids is 1. The summed E-state index contributed by atoms with van der Waals surface area (Å²) in [6.45, 7) is 5.69. The van der Waals surface area contributed by atoms with E-state index in [0.717, 1.165) is 12.8 Å². The second-order valence-electron chi connectivity index (χ2n) is 6.97. The van der Waals surface area contributed by atoms with Crippen molar-refractivity contribution in [3.8, 4) is 0 Å². The molecule has 0 spiro atoms. The van der Waals surface area contributed by atoms with Crippen molar-refractivity contribution in [1.82, 2.24) is 9.62 Å². The zero-order chi connectivity index (χ0) is 17.7. The molecule has 2 atom stereocenters. The SMILES string of the molecule is CC(C)C(CNC(=O)C1CCCN(S(C)(=O)=O)C1)c1ccccc1.